The molecule has 4 heterocycles. The molecule has 40 heavy (non-hydrogen) atoms. The summed E-state index contributed by atoms with van der Waals surface area (Å²) in [7, 11) is 0. The number of ether oxygens (including phenoxy) is 2. The molecule has 1 aliphatic heterocycles. The summed E-state index contributed by atoms with van der Waals surface area (Å²) in [5, 5.41) is 18.4. The third-order valence-corrected chi connectivity index (χ3v) is 7.75. The van der Waals surface area contributed by atoms with Crippen molar-refractivity contribution < 1.29 is 19.4 Å². The number of hydrogen-bond donors (Lipinski definition) is 1. The summed E-state index contributed by atoms with van der Waals surface area (Å²) >= 11 is 0. The molecular formula is C30H30N6O4. The van der Waals surface area contributed by atoms with Crippen molar-refractivity contribution in [3.05, 3.63) is 77.1 Å². The molecule has 3 aromatic heterocycles. The number of nitriles is 1. The van der Waals surface area contributed by atoms with Crippen molar-refractivity contribution in [2.24, 2.45) is 5.92 Å². The minimum absolute atomic E-state index is 0.0252. The van der Waals surface area contributed by atoms with E-state index in [1.807, 2.05) is 12.1 Å². The Bertz CT molecular complexity index is 1550. The van der Waals surface area contributed by atoms with Crippen LogP contribution in [-0.4, -0.2) is 54.4 Å². The topological polar surface area (TPSA) is 136 Å². The molecule has 2 aliphatic rings. The van der Waals surface area contributed by atoms with Crippen molar-refractivity contribution in [3.63, 3.8) is 0 Å². The average molecular weight is 539 g/mol. The van der Waals surface area contributed by atoms with Gasteiger partial charge in [0.15, 0.2) is 11.3 Å². The highest BCUT2D eigenvalue weighted by Crippen LogP contribution is 2.31. The Balaban J connectivity index is 1.08. The highest BCUT2D eigenvalue weighted by molar-refractivity contribution is 5.88. The number of pyridine rings is 1. The second kappa shape index (κ2) is 11.4. The lowest BCUT2D eigenvalue weighted by Gasteiger charge is -2.30. The first-order chi connectivity index (χ1) is 19.5. The van der Waals surface area contributed by atoms with Crippen LogP contribution in [0.25, 0.3) is 11.2 Å². The van der Waals surface area contributed by atoms with E-state index in [-0.39, 0.29) is 17.9 Å². The molecule has 6 rings (SSSR count). The van der Waals surface area contributed by atoms with Crippen molar-refractivity contribution in [1.82, 2.24) is 24.5 Å². The van der Waals surface area contributed by atoms with Gasteiger partial charge in [0.1, 0.15) is 23.3 Å². The van der Waals surface area contributed by atoms with Gasteiger partial charge in [-0.05, 0) is 67.9 Å². The number of carboxylic acid groups (broad SMARTS) is 1. The Morgan fingerprint density at radius 3 is 2.55 bits per heavy atom. The Labute approximate surface area is 231 Å². The SMILES string of the molecule is N#Cc1ccc(Cc2nccc(OC3CCC(Cc4nc5ccc(C(=O)O)nc5n4C[C@@H]4CCO4)CC3)n2)cc1. The first kappa shape index (κ1) is 25.9. The van der Waals surface area contributed by atoms with Crippen LogP contribution in [0, 0.1) is 17.2 Å². The van der Waals surface area contributed by atoms with Crippen LogP contribution in [0.1, 0.15) is 65.4 Å². The molecule has 1 aliphatic carbocycles. The van der Waals surface area contributed by atoms with E-state index in [2.05, 4.69) is 25.6 Å². The van der Waals surface area contributed by atoms with Crippen molar-refractivity contribution in [3.8, 4) is 11.9 Å². The third kappa shape index (κ3) is 5.80. The summed E-state index contributed by atoms with van der Waals surface area (Å²) in [6.07, 6.45) is 8.16. The van der Waals surface area contributed by atoms with Crippen LogP contribution in [0.15, 0.2) is 48.7 Å². The molecule has 10 nitrogen and oxygen atoms in total. The predicted molar refractivity (Wildman–Crippen MR) is 145 cm³/mol. The summed E-state index contributed by atoms with van der Waals surface area (Å²) in [6.45, 7) is 1.40. The van der Waals surface area contributed by atoms with Crippen molar-refractivity contribution in [2.75, 3.05) is 6.61 Å². The lowest BCUT2D eigenvalue weighted by atomic mass is 9.85. The van der Waals surface area contributed by atoms with E-state index in [1.165, 1.54) is 6.07 Å². The minimum atomic E-state index is -1.04. The molecule has 1 atom stereocenters. The Hall–Kier alpha value is -4.36. The molecule has 2 fully saturated rings. The highest BCUT2D eigenvalue weighted by atomic mass is 16.5. The van der Waals surface area contributed by atoms with Gasteiger partial charge in [-0.1, -0.05) is 12.1 Å². The van der Waals surface area contributed by atoms with Crippen molar-refractivity contribution >= 4 is 17.1 Å². The number of fused-ring (bicyclic) bond motifs is 1. The minimum Gasteiger partial charge on any atom is -0.477 e. The van der Waals surface area contributed by atoms with Gasteiger partial charge >= 0.3 is 5.97 Å². The maximum Gasteiger partial charge on any atom is 0.354 e. The maximum atomic E-state index is 11.5. The van der Waals surface area contributed by atoms with Crippen LogP contribution < -0.4 is 4.74 Å². The van der Waals surface area contributed by atoms with Gasteiger partial charge in [-0.15, -0.1) is 0 Å². The molecule has 1 saturated carbocycles. The molecule has 1 N–H and O–H groups in total. The molecule has 1 saturated heterocycles. The summed E-state index contributed by atoms with van der Waals surface area (Å²) in [6, 6.07) is 14.6. The first-order valence-corrected chi connectivity index (χ1v) is 13.7. The molecule has 0 bridgehead atoms. The lowest BCUT2D eigenvalue weighted by Crippen LogP contribution is -2.32. The van der Waals surface area contributed by atoms with E-state index in [0.717, 1.165) is 62.0 Å². The van der Waals surface area contributed by atoms with Gasteiger partial charge in [-0.25, -0.2) is 19.7 Å². The van der Waals surface area contributed by atoms with Gasteiger partial charge in [0.2, 0.25) is 5.88 Å². The van der Waals surface area contributed by atoms with Crippen LogP contribution in [0.2, 0.25) is 0 Å². The molecule has 0 unspecified atom stereocenters. The largest absolute Gasteiger partial charge is 0.477 e. The van der Waals surface area contributed by atoms with E-state index < -0.39 is 5.97 Å². The molecule has 4 aromatic rings. The zero-order valence-electron chi connectivity index (χ0n) is 22.1. The highest BCUT2D eigenvalue weighted by Gasteiger charge is 2.27. The monoisotopic (exact) mass is 538 g/mol. The normalized spacial score (nSPS) is 20.5. The predicted octanol–water partition coefficient (Wildman–Crippen LogP) is 4.35. The smallest absolute Gasteiger partial charge is 0.354 e. The molecule has 0 spiro atoms. The van der Waals surface area contributed by atoms with Crippen LogP contribution >= 0.6 is 0 Å². The summed E-state index contributed by atoms with van der Waals surface area (Å²) < 4.78 is 14.0. The number of aromatic nitrogens is 5. The molecular weight excluding hydrogens is 508 g/mol. The zero-order chi connectivity index (χ0) is 27.5. The Morgan fingerprint density at radius 1 is 1.05 bits per heavy atom. The zero-order valence-corrected chi connectivity index (χ0v) is 22.1. The Kier molecular flexibility index (Phi) is 7.38. The second-order valence-corrected chi connectivity index (χ2v) is 10.5. The average Bonchev–Trinajstić information content (AvgIpc) is 3.28. The van der Waals surface area contributed by atoms with Gasteiger partial charge in [-0.2, -0.15) is 10.2 Å². The first-order valence-electron chi connectivity index (χ1n) is 13.7. The van der Waals surface area contributed by atoms with E-state index in [9.17, 15) is 9.90 Å². The fraction of sp³-hybridized carbons (Fsp3) is 0.400. The van der Waals surface area contributed by atoms with Gasteiger partial charge in [-0.3, -0.25) is 0 Å². The van der Waals surface area contributed by atoms with E-state index in [1.54, 1.807) is 30.5 Å². The number of benzene rings is 1. The molecule has 204 valence electrons. The maximum absolute atomic E-state index is 11.5. The summed E-state index contributed by atoms with van der Waals surface area (Å²) in [5.74, 6) is 1.62. The number of nitrogens with zero attached hydrogens (tertiary/aromatic N) is 6. The van der Waals surface area contributed by atoms with Crippen LogP contribution in [0.3, 0.4) is 0 Å². The summed E-state index contributed by atoms with van der Waals surface area (Å²) in [5.41, 5.74) is 3.03. The molecule has 0 amide bonds. The van der Waals surface area contributed by atoms with Crippen LogP contribution in [0.5, 0.6) is 5.88 Å². The van der Waals surface area contributed by atoms with Gasteiger partial charge in [0.25, 0.3) is 0 Å². The van der Waals surface area contributed by atoms with E-state index in [4.69, 9.17) is 19.7 Å². The lowest BCUT2D eigenvalue weighted by molar-refractivity contribution is -0.0591. The molecule has 10 heteroatoms. The van der Waals surface area contributed by atoms with Gasteiger partial charge < -0.3 is 19.1 Å². The van der Waals surface area contributed by atoms with E-state index >= 15 is 0 Å². The molecule has 0 radical (unpaired) electrons. The fourth-order valence-electron chi connectivity index (χ4n) is 5.44. The van der Waals surface area contributed by atoms with Gasteiger partial charge in [0.05, 0.1) is 24.3 Å². The van der Waals surface area contributed by atoms with Gasteiger partial charge in [0, 0.05) is 31.7 Å². The van der Waals surface area contributed by atoms with Crippen molar-refractivity contribution in [2.45, 2.75) is 63.7 Å². The number of aromatic carboxylic acids is 1. The fourth-order valence-corrected chi connectivity index (χ4v) is 5.44. The quantitative estimate of drug-likeness (QED) is 0.330. The number of carbonyl (C=O) groups is 1. The summed E-state index contributed by atoms with van der Waals surface area (Å²) in [4.78, 5) is 29.8. The number of imidazole rings is 1. The van der Waals surface area contributed by atoms with Crippen LogP contribution in [0.4, 0.5) is 0 Å². The van der Waals surface area contributed by atoms with Crippen LogP contribution in [-0.2, 0) is 24.1 Å². The van der Waals surface area contributed by atoms with Crippen molar-refractivity contribution in [1.29, 1.82) is 5.26 Å². The third-order valence-electron chi connectivity index (χ3n) is 7.75. The molecule has 1 aromatic carbocycles. The Morgan fingerprint density at radius 2 is 1.85 bits per heavy atom. The number of carboxylic acids is 1. The standard InChI is InChI=1S/C30H30N6O4/c31-17-21-3-1-19(2-4-21)15-26-32-13-11-28(35-26)40-22-7-5-20(6-8-22)16-27-33-24-9-10-25(30(37)38)34-29(24)36(27)18-23-12-14-39-23/h1-4,9-11,13,20,22-23H,5-8,12,14-16,18H2,(H,37,38)/t20?,22?,23-/m0/s1. The second-order valence-electron chi connectivity index (χ2n) is 10.5. The number of hydrogen-bond acceptors (Lipinski definition) is 8. The number of rotatable bonds is 9. The van der Waals surface area contributed by atoms with E-state index in [0.29, 0.717) is 41.8 Å².